The molecular formula is C16H18N2O5. The van der Waals surface area contributed by atoms with Crippen molar-refractivity contribution in [2.45, 2.75) is 6.54 Å². The number of hydrogen-bond donors (Lipinski definition) is 1. The molecule has 0 saturated carbocycles. The van der Waals surface area contributed by atoms with E-state index < -0.39 is 5.97 Å². The molecule has 7 heteroatoms. The average Bonchev–Trinajstić information content (AvgIpc) is 2.54. The lowest BCUT2D eigenvalue weighted by Crippen LogP contribution is -2.40. The maximum Gasteiger partial charge on any atom is 0.323 e. The van der Waals surface area contributed by atoms with E-state index in [4.69, 9.17) is 9.84 Å². The molecule has 7 nitrogen and oxygen atoms in total. The van der Waals surface area contributed by atoms with Crippen molar-refractivity contribution in [1.82, 2.24) is 9.47 Å². The number of benzene rings is 1. The second-order valence-corrected chi connectivity index (χ2v) is 5.03. The number of rotatable bonds is 7. The Morgan fingerprint density at radius 2 is 2.00 bits per heavy atom. The summed E-state index contributed by atoms with van der Waals surface area (Å²) in [5.41, 5.74) is 0.515. The zero-order chi connectivity index (χ0) is 16.8. The van der Waals surface area contributed by atoms with Crippen LogP contribution in [0.3, 0.4) is 0 Å². The summed E-state index contributed by atoms with van der Waals surface area (Å²) in [5.74, 6) is -1.43. The van der Waals surface area contributed by atoms with E-state index in [0.717, 1.165) is 0 Å². The Morgan fingerprint density at radius 3 is 2.70 bits per heavy atom. The highest BCUT2D eigenvalue weighted by atomic mass is 16.5. The van der Waals surface area contributed by atoms with Crippen LogP contribution in [0.1, 0.15) is 0 Å². The number of nitrogens with zero attached hydrogens (tertiary/aromatic N) is 2. The van der Waals surface area contributed by atoms with Crippen molar-refractivity contribution in [1.29, 1.82) is 0 Å². The number of fused-ring (bicyclic) bond motifs is 1. The number of hydrogen-bond acceptors (Lipinski definition) is 4. The number of aliphatic carboxylic acids is 1. The maximum absolute atomic E-state index is 12.4. The minimum absolute atomic E-state index is 0.0439. The normalized spacial score (nSPS) is 10.7. The van der Waals surface area contributed by atoms with Gasteiger partial charge < -0.3 is 19.3 Å². The Balaban J connectivity index is 2.26. The highest BCUT2D eigenvalue weighted by molar-refractivity contribution is 5.84. The zero-order valence-electron chi connectivity index (χ0n) is 12.8. The van der Waals surface area contributed by atoms with Crippen LogP contribution in [-0.4, -0.2) is 53.3 Å². The smallest absolute Gasteiger partial charge is 0.323 e. The number of para-hydroxylation sites is 1. The largest absolute Gasteiger partial charge is 0.480 e. The van der Waals surface area contributed by atoms with Crippen molar-refractivity contribution < 1.29 is 19.4 Å². The zero-order valence-corrected chi connectivity index (χ0v) is 12.8. The van der Waals surface area contributed by atoms with Gasteiger partial charge in [0.2, 0.25) is 5.91 Å². The Labute approximate surface area is 132 Å². The first-order valence-electron chi connectivity index (χ1n) is 7.09. The second-order valence-electron chi connectivity index (χ2n) is 5.03. The molecule has 1 amide bonds. The van der Waals surface area contributed by atoms with Crippen molar-refractivity contribution in [3.63, 3.8) is 0 Å². The molecule has 2 rings (SSSR count). The molecule has 2 aromatic rings. The van der Waals surface area contributed by atoms with E-state index in [0.29, 0.717) is 10.9 Å². The van der Waals surface area contributed by atoms with Gasteiger partial charge in [0.25, 0.3) is 0 Å². The third-order valence-corrected chi connectivity index (χ3v) is 3.43. The third-order valence-electron chi connectivity index (χ3n) is 3.43. The number of methoxy groups -OCH3 is 1. The van der Waals surface area contributed by atoms with Crippen molar-refractivity contribution in [2.75, 3.05) is 26.8 Å². The minimum Gasteiger partial charge on any atom is -0.480 e. The summed E-state index contributed by atoms with van der Waals surface area (Å²) in [5, 5.41) is 9.44. The van der Waals surface area contributed by atoms with Gasteiger partial charge in [0.1, 0.15) is 13.1 Å². The van der Waals surface area contributed by atoms with Crippen molar-refractivity contribution in [3.05, 3.63) is 46.8 Å². The number of carboxylic acid groups (broad SMARTS) is 1. The number of carboxylic acids is 1. The highest BCUT2D eigenvalue weighted by Gasteiger charge is 2.17. The average molecular weight is 318 g/mol. The van der Waals surface area contributed by atoms with Gasteiger partial charge in [-0.05, 0) is 12.1 Å². The van der Waals surface area contributed by atoms with E-state index in [9.17, 15) is 14.4 Å². The van der Waals surface area contributed by atoms with Gasteiger partial charge in [-0.15, -0.1) is 0 Å². The molecule has 1 heterocycles. The molecule has 0 atom stereocenters. The van der Waals surface area contributed by atoms with Crippen LogP contribution in [0.2, 0.25) is 0 Å². The Hall–Kier alpha value is -2.67. The standard InChI is InChI=1S/C16H18N2O5/c1-23-9-8-18(11-16(21)22)15(20)10-17-7-6-14(19)12-4-2-3-5-13(12)17/h2-7H,8-11H2,1H3,(H,21,22). The van der Waals surface area contributed by atoms with E-state index >= 15 is 0 Å². The van der Waals surface area contributed by atoms with Crippen molar-refractivity contribution in [3.8, 4) is 0 Å². The van der Waals surface area contributed by atoms with E-state index in [1.807, 2.05) is 0 Å². The molecule has 0 saturated heterocycles. The fraction of sp³-hybridized carbons (Fsp3) is 0.312. The Morgan fingerprint density at radius 1 is 1.26 bits per heavy atom. The summed E-state index contributed by atoms with van der Waals surface area (Å²) in [6, 6.07) is 8.37. The molecule has 0 spiro atoms. The topological polar surface area (TPSA) is 88.8 Å². The molecule has 0 aliphatic rings. The van der Waals surface area contributed by atoms with E-state index in [1.165, 1.54) is 24.3 Å². The first-order chi connectivity index (χ1) is 11.0. The quantitative estimate of drug-likeness (QED) is 0.806. The van der Waals surface area contributed by atoms with Gasteiger partial charge in [-0.1, -0.05) is 12.1 Å². The fourth-order valence-electron chi connectivity index (χ4n) is 2.30. The van der Waals surface area contributed by atoms with E-state index in [2.05, 4.69) is 0 Å². The highest BCUT2D eigenvalue weighted by Crippen LogP contribution is 2.10. The van der Waals surface area contributed by atoms with E-state index in [-0.39, 0.29) is 37.6 Å². The molecule has 1 aromatic carbocycles. The van der Waals surface area contributed by atoms with Gasteiger partial charge in [0.15, 0.2) is 5.43 Å². The van der Waals surface area contributed by atoms with Crippen LogP contribution in [0.5, 0.6) is 0 Å². The molecule has 1 N–H and O–H groups in total. The molecule has 0 fully saturated rings. The maximum atomic E-state index is 12.4. The molecule has 1 aromatic heterocycles. The molecule has 0 aliphatic heterocycles. The summed E-state index contributed by atoms with van der Waals surface area (Å²) in [6.45, 7) is 0.0157. The van der Waals surface area contributed by atoms with Gasteiger partial charge >= 0.3 is 5.97 Å². The Kier molecular flexibility index (Phi) is 5.48. The predicted molar refractivity (Wildman–Crippen MR) is 84.3 cm³/mol. The van der Waals surface area contributed by atoms with Crippen LogP contribution in [0.25, 0.3) is 10.9 Å². The number of amides is 1. The van der Waals surface area contributed by atoms with Crippen LogP contribution < -0.4 is 5.43 Å². The van der Waals surface area contributed by atoms with Crippen LogP contribution in [0.15, 0.2) is 41.3 Å². The summed E-state index contributed by atoms with van der Waals surface area (Å²) >= 11 is 0. The SMILES string of the molecule is COCCN(CC(=O)O)C(=O)Cn1ccc(=O)c2ccccc21. The van der Waals surface area contributed by atoms with Crippen LogP contribution in [-0.2, 0) is 20.9 Å². The van der Waals surface area contributed by atoms with Crippen molar-refractivity contribution in [2.24, 2.45) is 0 Å². The summed E-state index contributed by atoms with van der Waals surface area (Å²) in [6.07, 6.45) is 1.54. The monoisotopic (exact) mass is 318 g/mol. The lowest BCUT2D eigenvalue weighted by Gasteiger charge is -2.21. The molecular weight excluding hydrogens is 300 g/mol. The first-order valence-corrected chi connectivity index (χ1v) is 7.09. The van der Waals surface area contributed by atoms with Gasteiger partial charge in [-0.2, -0.15) is 0 Å². The number of carbonyl (C=O) groups is 2. The van der Waals surface area contributed by atoms with Crippen LogP contribution >= 0.6 is 0 Å². The lowest BCUT2D eigenvalue weighted by atomic mass is 10.2. The number of ether oxygens (including phenoxy) is 1. The molecule has 0 radical (unpaired) electrons. The molecule has 122 valence electrons. The third kappa shape index (κ3) is 4.17. The first kappa shape index (κ1) is 16.7. The molecule has 0 bridgehead atoms. The lowest BCUT2D eigenvalue weighted by molar-refractivity contribution is -0.145. The number of carbonyl (C=O) groups excluding carboxylic acids is 1. The Bertz CT molecular complexity index is 768. The fourth-order valence-corrected chi connectivity index (χ4v) is 2.30. The minimum atomic E-state index is -1.08. The van der Waals surface area contributed by atoms with Gasteiger partial charge in [-0.3, -0.25) is 14.4 Å². The van der Waals surface area contributed by atoms with Gasteiger partial charge in [0, 0.05) is 31.3 Å². The predicted octanol–water partition coefficient (Wildman–Crippen LogP) is 0.561. The second kappa shape index (κ2) is 7.55. The molecule has 23 heavy (non-hydrogen) atoms. The van der Waals surface area contributed by atoms with Crippen molar-refractivity contribution >= 4 is 22.8 Å². The van der Waals surface area contributed by atoms with Gasteiger partial charge in [0.05, 0.1) is 12.1 Å². The number of aromatic nitrogens is 1. The summed E-state index contributed by atoms with van der Waals surface area (Å²) < 4.78 is 6.54. The van der Waals surface area contributed by atoms with Crippen LogP contribution in [0, 0.1) is 0 Å². The summed E-state index contributed by atoms with van der Waals surface area (Å²) in [4.78, 5) is 36.4. The van der Waals surface area contributed by atoms with Gasteiger partial charge in [-0.25, -0.2) is 0 Å². The molecule has 0 unspecified atom stereocenters. The molecule has 0 aliphatic carbocycles. The van der Waals surface area contributed by atoms with Crippen LogP contribution in [0.4, 0.5) is 0 Å². The van der Waals surface area contributed by atoms with E-state index in [1.54, 1.807) is 28.8 Å². The number of pyridine rings is 1. The summed E-state index contributed by atoms with van der Waals surface area (Å²) in [7, 11) is 1.48.